The molecular formula is C15H21FN2O2. The molecule has 110 valence electrons. The number of anilines is 1. The zero-order chi connectivity index (χ0) is 15.0. The van der Waals surface area contributed by atoms with E-state index in [0.717, 1.165) is 12.8 Å². The van der Waals surface area contributed by atoms with Gasteiger partial charge in [0.05, 0.1) is 0 Å². The molecule has 1 aromatic rings. The molecule has 20 heavy (non-hydrogen) atoms. The number of benzene rings is 1. The number of halogens is 1. The monoisotopic (exact) mass is 280 g/mol. The summed E-state index contributed by atoms with van der Waals surface area (Å²) in [6.07, 6.45) is 1.31. The summed E-state index contributed by atoms with van der Waals surface area (Å²) in [4.78, 5) is 13.8. The van der Waals surface area contributed by atoms with Crippen LogP contribution in [0.1, 0.15) is 33.6 Å². The van der Waals surface area contributed by atoms with Crippen LogP contribution >= 0.6 is 0 Å². The summed E-state index contributed by atoms with van der Waals surface area (Å²) < 4.78 is 18.4. The number of hydrogen-bond donors (Lipinski definition) is 1. The minimum absolute atomic E-state index is 0.341. The molecule has 4 nitrogen and oxygen atoms in total. The van der Waals surface area contributed by atoms with E-state index < -0.39 is 11.7 Å². The first-order chi connectivity index (χ1) is 9.19. The highest BCUT2D eigenvalue weighted by atomic mass is 19.1. The standard InChI is InChI=1S/C15H21FN2O2/c1-14(2,3)20-13(19)18(10-15(17)8-9-15)12-6-4-11(16)5-7-12/h4-7H,8-10,17H2,1-3H3. The van der Waals surface area contributed by atoms with E-state index in [-0.39, 0.29) is 11.4 Å². The van der Waals surface area contributed by atoms with E-state index in [4.69, 9.17) is 10.5 Å². The van der Waals surface area contributed by atoms with E-state index in [9.17, 15) is 9.18 Å². The second-order valence-corrected chi connectivity index (χ2v) is 6.41. The largest absolute Gasteiger partial charge is 0.443 e. The van der Waals surface area contributed by atoms with Gasteiger partial charge in [-0.2, -0.15) is 0 Å². The molecule has 1 amide bonds. The highest BCUT2D eigenvalue weighted by molar-refractivity contribution is 5.88. The molecule has 0 aliphatic heterocycles. The van der Waals surface area contributed by atoms with Crippen molar-refractivity contribution in [1.29, 1.82) is 0 Å². The highest BCUT2D eigenvalue weighted by Crippen LogP contribution is 2.34. The maximum absolute atomic E-state index is 13.0. The molecule has 0 atom stereocenters. The van der Waals surface area contributed by atoms with Crippen LogP contribution in [0.4, 0.5) is 14.9 Å². The molecule has 0 radical (unpaired) electrons. The molecule has 2 N–H and O–H groups in total. The summed E-state index contributed by atoms with van der Waals surface area (Å²) >= 11 is 0. The molecule has 1 saturated carbocycles. The van der Waals surface area contributed by atoms with E-state index in [2.05, 4.69) is 0 Å². The van der Waals surface area contributed by atoms with Crippen LogP contribution in [-0.4, -0.2) is 23.8 Å². The Morgan fingerprint density at radius 2 is 1.90 bits per heavy atom. The summed E-state index contributed by atoms with van der Waals surface area (Å²) in [5.74, 6) is -0.341. The molecular weight excluding hydrogens is 259 g/mol. The maximum Gasteiger partial charge on any atom is 0.414 e. The van der Waals surface area contributed by atoms with Crippen molar-refractivity contribution in [3.8, 4) is 0 Å². The van der Waals surface area contributed by atoms with Crippen molar-refractivity contribution >= 4 is 11.8 Å². The summed E-state index contributed by atoms with van der Waals surface area (Å²) in [6.45, 7) is 5.81. The predicted molar refractivity (Wildman–Crippen MR) is 76.1 cm³/mol. The van der Waals surface area contributed by atoms with Gasteiger partial charge in [-0.3, -0.25) is 4.90 Å². The fourth-order valence-corrected chi connectivity index (χ4v) is 1.83. The molecule has 1 fully saturated rings. The topological polar surface area (TPSA) is 55.6 Å². The van der Waals surface area contributed by atoms with Gasteiger partial charge < -0.3 is 10.5 Å². The average Bonchev–Trinajstić information content (AvgIpc) is 3.04. The zero-order valence-electron chi connectivity index (χ0n) is 12.1. The summed E-state index contributed by atoms with van der Waals surface area (Å²) in [6, 6.07) is 5.77. The molecule has 1 aromatic carbocycles. The lowest BCUT2D eigenvalue weighted by Crippen LogP contribution is -2.45. The van der Waals surface area contributed by atoms with Crippen molar-refractivity contribution in [3.63, 3.8) is 0 Å². The van der Waals surface area contributed by atoms with Gasteiger partial charge in [-0.1, -0.05) is 0 Å². The number of nitrogens with two attached hydrogens (primary N) is 1. The molecule has 0 saturated heterocycles. The van der Waals surface area contributed by atoms with Crippen molar-refractivity contribution in [2.45, 2.75) is 44.8 Å². The Labute approximate surface area is 118 Å². The van der Waals surface area contributed by atoms with Crippen LogP contribution in [0.5, 0.6) is 0 Å². The Kier molecular flexibility index (Phi) is 3.73. The van der Waals surface area contributed by atoms with Gasteiger partial charge in [0.15, 0.2) is 0 Å². The Balaban J connectivity index is 2.20. The zero-order valence-corrected chi connectivity index (χ0v) is 12.1. The quantitative estimate of drug-likeness (QED) is 0.925. The Morgan fingerprint density at radius 3 is 2.35 bits per heavy atom. The fourth-order valence-electron chi connectivity index (χ4n) is 1.83. The molecule has 0 heterocycles. The summed E-state index contributed by atoms with van der Waals surface area (Å²) in [5.41, 5.74) is 5.76. The van der Waals surface area contributed by atoms with Crippen LogP contribution in [0.3, 0.4) is 0 Å². The SMILES string of the molecule is CC(C)(C)OC(=O)N(CC1(N)CC1)c1ccc(F)cc1. The number of carbonyl (C=O) groups is 1. The van der Waals surface area contributed by atoms with Crippen molar-refractivity contribution in [2.24, 2.45) is 5.73 Å². The van der Waals surface area contributed by atoms with Crippen molar-refractivity contribution in [1.82, 2.24) is 0 Å². The number of carbonyl (C=O) groups excluding carboxylic acids is 1. The number of amides is 1. The normalized spacial score (nSPS) is 16.6. The van der Waals surface area contributed by atoms with Gasteiger partial charge in [0.1, 0.15) is 11.4 Å². The van der Waals surface area contributed by atoms with Gasteiger partial charge >= 0.3 is 6.09 Å². The van der Waals surface area contributed by atoms with E-state index in [1.165, 1.54) is 17.0 Å². The third kappa shape index (κ3) is 3.93. The third-order valence-corrected chi connectivity index (χ3v) is 3.12. The second kappa shape index (κ2) is 5.05. The molecule has 0 aromatic heterocycles. The molecule has 1 aliphatic carbocycles. The van der Waals surface area contributed by atoms with Crippen LogP contribution in [0.25, 0.3) is 0 Å². The smallest absolute Gasteiger partial charge is 0.414 e. The molecule has 1 aliphatic rings. The number of ether oxygens (including phenoxy) is 1. The molecule has 0 unspecified atom stereocenters. The van der Waals surface area contributed by atoms with Crippen molar-refractivity contribution in [3.05, 3.63) is 30.1 Å². The molecule has 0 bridgehead atoms. The van der Waals surface area contributed by atoms with Gasteiger partial charge in [-0.25, -0.2) is 9.18 Å². The van der Waals surface area contributed by atoms with E-state index in [1.807, 2.05) is 20.8 Å². The van der Waals surface area contributed by atoms with Crippen LogP contribution in [0.15, 0.2) is 24.3 Å². The Hall–Kier alpha value is -1.62. The molecule has 0 spiro atoms. The van der Waals surface area contributed by atoms with Gasteiger partial charge in [-0.15, -0.1) is 0 Å². The lowest BCUT2D eigenvalue weighted by atomic mass is 10.2. The molecule has 2 rings (SSSR count). The Morgan fingerprint density at radius 1 is 1.35 bits per heavy atom. The lowest BCUT2D eigenvalue weighted by molar-refractivity contribution is 0.0577. The van der Waals surface area contributed by atoms with Crippen LogP contribution in [0, 0.1) is 5.82 Å². The fraction of sp³-hybridized carbons (Fsp3) is 0.533. The van der Waals surface area contributed by atoms with Gasteiger partial charge in [0.25, 0.3) is 0 Å². The van der Waals surface area contributed by atoms with Crippen molar-refractivity contribution < 1.29 is 13.9 Å². The first kappa shape index (κ1) is 14.8. The van der Waals surface area contributed by atoms with Crippen molar-refractivity contribution in [2.75, 3.05) is 11.4 Å². The molecule has 5 heteroatoms. The van der Waals surface area contributed by atoms with Crippen LogP contribution in [0.2, 0.25) is 0 Å². The first-order valence-corrected chi connectivity index (χ1v) is 6.74. The number of nitrogens with zero attached hydrogens (tertiary/aromatic N) is 1. The summed E-state index contributed by atoms with van der Waals surface area (Å²) in [5, 5.41) is 0. The first-order valence-electron chi connectivity index (χ1n) is 6.74. The number of rotatable bonds is 3. The van der Waals surface area contributed by atoms with Gasteiger partial charge in [-0.05, 0) is 57.9 Å². The Bertz CT molecular complexity index is 490. The van der Waals surface area contributed by atoms with Crippen LogP contribution in [-0.2, 0) is 4.74 Å². The van der Waals surface area contributed by atoms with E-state index in [1.54, 1.807) is 12.1 Å². The minimum Gasteiger partial charge on any atom is -0.443 e. The van der Waals surface area contributed by atoms with Gasteiger partial charge in [0, 0.05) is 17.8 Å². The predicted octanol–water partition coefficient (Wildman–Crippen LogP) is 3.06. The minimum atomic E-state index is -0.583. The van der Waals surface area contributed by atoms with Crippen LogP contribution < -0.4 is 10.6 Å². The van der Waals surface area contributed by atoms with Gasteiger partial charge in [0.2, 0.25) is 0 Å². The second-order valence-electron chi connectivity index (χ2n) is 6.41. The third-order valence-electron chi connectivity index (χ3n) is 3.12. The average molecular weight is 280 g/mol. The highest BCUT2D eigenvalue weighted by Gasteiger charge is 2.42. The van der Waals surface area contributed by atoms with E-state index >= 15 is 0 Å². The summed E-state index contributed by atoms with van der Waals surface area (Å²) in [7, 11) is 0. The lowest BCUT2D eigenvalue weighted by Gasteiger charge is -2.29. The number of hydrogen-bond acceptors (Lipinski definition) is 3. The maximum atomic E-state index is 13.0. The van der Waals surface area contributed by atoms with E-state index in [0.29, 0.717) is 12.2 Å².